The lowest BCUT2D eigenvalue weighted by atomic mass is 10.1. The fourth-order valence-electron chi connectivity index (χ4n) is 3.02. The Morgan fingerprint density at radius 1 is 1.33 bits per heavy atom. The number of carbonyl (C=O) groups excluding carboxylic acids is 1. The highest BCUT2D eigenvalue weighted by molar-refractivity contribution is 7.17. The van der Waals surface area contributed by atoms with E-state index in [2.05, 4.69) is 15.3 Å². The Hall–Kier alpha value is -2.58. The molecule has 140 valence electrons. The maximum absolute atomic E-state index is 13.2. The molecular weight excluding hydrogens is 369 g/mol. The second kappa shape index (κ2) is 7.98. The lowest BCUT2D eigenvalue weighted by Crippen LogP contribution is -2.35. The second-order valence-electron chi connectivity index (χ2n) is 6.24. The molecule has 27 heavy (non-hydrogen) atoms. The molecule has 1 N–H and O–H groups in total. The summed E-state index contributed by atoms with van der Waals surface area (Å²) in [7, 11) is 0. The largest absolute Gasteiger partial charge is 0.467 e. The minimum Gasteiger partial charge on any atom is -0.467 e. The standard InChI is InChI=1S/C19H18FN3O3S/c20-13-5-3-12(4-6-13)15-10-27-19-17(15)18(22-11-23-19)26-9-16(24)21-8-14-2-1-7-25-14/h3-6,10-11,14H,1-2,7-9H2,(H,21,24)/t14-/m0/s1. The van der Waals surface area contributed by atoms with Crippen LogP contribution in [0.1, 0.15) is 12.8 Å². The number of carbonyl (C=O) groups is 1. The molecule has 1 saturated heterocycles. The summed E-state index contributed by atoms with van der Waals surface area (Å²) >= 11 is 1.45. The van der Waals surface area contributed by atoms with Gasteiger partial charge in [-0.3, -0.25) is 4.79 Å². The van der Waals surface area contributed by atoms with Crippen LogP contribution in [0.2, 0.25) is 0 Å². The Labute approximate surface area is 159 Å². The average molecular weight is 387 g/mol. The van der Waals surface area contributed by atoms with E-state index in [1.54, 1.807) is 12.1 Å². The number of hydrogen-bond acceptors (Lipinski definition) is 6. The number of amides is 1. The van der Waals surface area contributed by atoms with Gasteiger partial charge in [-0.2, -0.15) is 0 Å². The molecule has 1 aliphatic rings. The molecular formula is C19H18FN3O3S. The number of hydrogen-bond donors (Lipinski definition) is 1. The molecule has 1 aromatic carbocycles. The summed E-state index contributed by atoms with van der Waals surface area (Å²) in [5.74, 6) is -0.183. The first-order chi connectivity index (χ1) is 13.2. The number of rotatable bonds is 6. The van der Waals surface area contributed by atoms with Crippen molar-refractivity contribution in [2.24, 2.45) is 0 Å². The van der Waals surface area contributed by atoms with E-state index in [9.17, 15) is 9.18 Å². The van der Waals surface area contributed by atoms with E-state index in [4.69, 9.17) is 9.47 Å². The number of benzene rings is 1. The second-order valence-corrected chi connectivity index (χ2v) is 7.10. The Bertz CT molecular complexity index is 939. The van der Waals surface area contributed by atoms with Gasteiger partial charge < -0.3 is 14.8 Å². The molecule has 2 aromatic heterocycles. The summed E-state index contributed by atoms with van der Waals surface area (Å²) in [5, 5.41) is 5.47. The van der Waals surface area contributed by atoms with E-state index in [1.165, 1.54) is 29.8 Å². The van der Waals surface area contributed by atoms with Crippen LogP contribution in [0.15, 0.2) is 36.0 Å². The van der Waals surface area contributed by atoms with Crippen molar-refractivity contribution in [3.05, 3.63) is 41.8 Å². The Kier molecular flexibility index (Phi) is 5.26. The van der Waals surface area contributed by atoms with Gasteiger partial charge in [0.2, 0.25) is 5.88 Å². The van der Waals surface area contributed by atoms with Gasteiger partial charge in [0.25, 0.3) is 5.91 Å². The maximum atomic E-state index is 13.2. The number of thiophene rings is 1. The van der Waals surface area contributed by atoms with Crippen LogP contribution in [0.3, 0.4) is 0 Å². The summed E-state index contributed by atoms with van der Waals surface area (Å²) in [6, 6.07) is 6.20. The van der Waals surface area contributed by atoms with Crippen LogP contribution in [0.5, 0.6) is 5.88 Å². The van der Waals surface area contributed by atoms with Crippen LogP contribution in [0.25, 0.3) is 21.3 Å². The topological polar surface area (TPSA) is 73.3 Å². The highest BCUT2D eigenvalue weighted by atomic mass is 32.1. The predicted molar refractivity (Wildman–Crippen MR) is 100 cm³/mol. The molecule has 0 radical (unpaired) electrons. The van der Waals surface area contributed by atoms with Gasteiger partial charge in [0.05, 0.1) is 11.5 Å². The molecule has 8 heteroatoms. The Morgan fingerprint density at radius 2 is 2.19 bits per heavy atom. The van der Waals surface area contributed by atoms with Gasteiger partial charge in [0.1, 0.15) is 17.0 Å². The number of nitrogens with one attached hydrogen (secondary N) is 1. The molecule has 1 amide bonds. The van der Waals surface area contributed by atoms with Crippen molar-refractivity contribution in [2.75, 3.05) is 19.8 Å². The fourth-order valence-corrected chi connectivity index (χ4v) is 3.92. The van der Waals surface area contributed by atoms with E-state index in [-0.39, 0.29) is 24.4 Å². The first-order valence-electron chi connectivity index (χ1n) is 8.70. The maximum Gasteiger partial charge on any atom is 0.258 e. The minimum atomic E-state index is -0.297. The van der Waals surface area contributed by atoms with Crippen LogP contribution >= 0.6 is 11.3 Å². The smallest absolute Gasteiger partial charge is 0.258 e. The van der Waals surface area contributed by atoms with E-state index in [0.717, 1.165) is 40.8 Å². The van der Waals surface area contributed by atoms with Gasteiger partial charge in [0, 0.05) is 24.1 Å². The highest BCUT2D eigenvalue weighted by Crippen LogP contribution is 2.37. The quantitative estimate of drug-likeness (QED) is 0.703. The normalized spacial score (nSPS) is 16.6. The van der Waals surface area contributed by atoms with Gasteiger partial charge >= 0.3 is 0 Å². The average Bonchev–Trinajstić information content (AvgIpc) is 3.35. The Morgan fingerprint density at radius 3 is 2.96 bits per heavy atom. The third-order valence-corrected chi connectivity index (χ3v) is 5.27. The zero-order valence-corrected chi connectivity index (χ0v) is 15.3. The van der Waals surface area contributed by atoms with Crippen LogP contribution in [-0.4, -0.2) is 41.7 Å². The molecule has 1 atom stereocenters. The molecule has 0 aliphatic carbocycles. The highest BCUT2D eigenvalue weighted by Gasteiger charge is 2.18. The molecule has 0 saturated carbocycles. The SMILES string of the molecule is O=C(COc1ncnc2scc(-c3ccc(F)cc3)c12)NC[C@@H]1CCCO1. The van der Waals surface area contributed by atoms with Crippen LogP contribution in [0, 0.1) is 5.82 Å². The van der Waals surface area contributed by atoms with E-state index < -0.39 is 0 Å². The minimum absolute atomic E-state index is 0.0849. The van der Waals surface area contributed by atoms with Crippen molar-refractivity contribution < 1.29 is 18.7 Å². The predicted octanol–water partition coefficient (Wildman–Crippen LogP) is 3.17. The summed E-state index contributed by atoms with van der Waals surface area (Å²) in [6.45, 7) is 1.10. The monoisotopic (exact) mass is 387 g/mol. The number of nitrogens with zero attached hydrogens (tertiary/aromatic N) is 2. The summed E-state index contributed by atoms with van der Waals surface area (Å²) in [6.07, 6.45) is 3.48. The van der Waals surface area contributed by atoms with E-state index in [1.807, 2.05) is 5.38 Å². The molecule has 3 aromatic rings. The summed E-state index contributed by atoms with van der Waals surface area (Å²) in [4.78, 5) is 21.3. The zero-order chi connectivity index (χ0) is 18.6. The van der Waals surface area contributed by atoms with Crippen molar-refractivity contribution in [1.82, 2.24) is 15.3 Å². The molecule has 0 unspecified atom stereocenters. The summed E-state index contributed by atoms with van der Waals surface area (Å²) < 4.78 is 24.4. The lowest BCUT2D eigenvalue weighted by molar-refractivity contribution is -0.123. The first-order valence-corrected chi connectivity index (χ1v) is 9.58. The lowest BCUT2D eigenvalue weighted by Gasteiger charge is -2.11. The zero-order valence-electron chi connectivity index (χ0n) is 14.5. The van der Waals surface area contributed by atoms with Crippen molar-refractivity contribution in [3.8, 4) is 17.0 Å². The van der Waals surface area contributed by atoms with Crippen molar-refractivity contribution in [1.29, 1.82) is 0 Å². The number of aromatic nitrogens is 2. The number of fused-ring (bicyclic) bond motifs is 1. The molecule has 6 nitrogen and oxygen atoms in total. The molecule has 4 rings (SSSR count). The van der Waals surface area contributed by atoms with Crippen LogP contribution < -0.4 is 10.1 Å². The number of halogens is 1. The van der Waals surface area contributed by atoms with Crippen LogP contribution in [-0.2, 0) is 9.53 Å². The summed E-state index contributed by atoms with van der Waals surface area (Å²) in [5.41, 5.74) is 1.69. The van der Waals surface area contributed by atoms with Crippen molar-refractivity contribution in [3.63, 3.8) is 0 Å². The third kappa shape index (κ3) is 4.06. The van der Waals surface area contributed by atoms with E-state index in [0.29, 0.717) is 12.4 Å². The third-order valence-electron chi connectivity index (χ3n) is 4.38. The van der Waals surface area contributed by atoms with Crippen molar-refractivity contribution in [2.45, 2.75) is 18.9 Å². The van der Waals surface area contributed by atoms with Gasteiger partial charge in [-0.15, -0.1) is 11.3 Å². The van der Waals surface area contributed by atoms with Gasteiger partial charge in [-0.25, -0.2) is 14.4 Å². The fraction of sp³-hybridized carbons (Fsp3) is 0.316. The molecule has 1 fully saturated rings. The molecule has 0 spiro atoms. The molecule has 0 bridgehead atoms. The van der Waals surface area contributed by atoms with Gasteiger partial charge in [0.15, 0.2) is 6.61 Å². The van der Waals surface area contributed by atoms with Gasteiger partial charge in [-0.1, -0.05) is 12.1 Å². The Balaban J connectivity index is 1.49. The van der Waals surface area contributed by atoms with Crippen LogP contribution in [0.4, 0.5) is 4.39 Å². The molecule has 1 aliphatic heterocycles. The molecule has 3 heterocycles. The van der Waals surface area contributed by atoms with E-state index >= 15 is 0 Å². The number of ether oxygens (including phenoxy) is 2. The van der Waals surface area contributed by atoms with Gasteiger partial charge in [-0.05, 0) is 30.5 Å². The van der Waals surface area contributed by atoms with Crippen molar-refractivity contribution >= 4 is 27.5 Å². The first kappa shape index (κ1) is 17.8.